The van der Waals surface area contributed by atoms with Gasteiger partial charge in [-0.2, -0.15) is 0 Å². The highest BCUT2D eigenvalue weighted by molar-refractivity contribution is 6.74. The van der Waals surface area contributed by atoms with Gasteiger partial charge in [-0.3, -0.25) is 9.59 Å². The number of nitrogens with one attached hydrogen (secondary N) is 1. The van der Waals surface area contributed by atoms with Crippen LogP contribution in [0.15, 0.2) is 24.3 Å². The molecule has 0 aromatic heterocycles. The van der Waals surface area contributed by atoms with E-state index in [0.29, 0.717) is 13.0 Å². The topological polar surface area (TPSA) is 81.4 Å². The third-order valence-corrected chi connectivity index (χ3v) is 8.97. The lowest BCUT2D eigenvalue weighted by Gasteiger charge is -2.36. The average Bonchev–Trinajstić information content (AvgIpc) is 2.45. The van der Waals surface area contributed by atoms with Gasteiger partial charge in [0.1, 0.15) is 11.9 Å². The lowest BCUT2D eigenvalue weighted by atomic mass is 10.1. The summed E-state index contributed by atoms with van der Waals surface area (Å²) < 4.78 is 18.9. The van der Waals surface area contributed by atoms with Crippen molar-refractivity contribution in [3.05, 3.63) is 35.6 Å². The second-order valence-corrected chi connectivity index (χ2v) is 12.1. The number of nitrogens with two attached hydrogens (primary N) is 1. The first-order chi connectivity index (χ1) is 10.9. The number of rotatable bonds is 7. The van der Waals surface area contributed by atoms with Crippen LogP contribution in [0.3, 0.4) is 0 Å². The summed E-state index contributed by atoms with van der Waals surface area (Å²) in [7, 11) is -1.92. The van der Waals surface area contributed by atoms with E-state index in [1.54, 1.807) is 0 Å². The number of carbonyl (C=O) groups excluding carboxylic acids is 2. The van der Waals surface area contributed by atoms with Crippen LogP contribution in [0.1, 0.15) is 37.6 Å². The van der Waals surface area contributed by atoms with Crippen LogP contribution >= 0.6 is 0 Å². The van der Waals surface area contributed by atoms with E-state index >= 15 is 0 Å². The fraction of sp³-hybridized carbons (Fsp3) is 0.529. The molecule has 134 valence electrons. The third-order valence-electron chi connectivity index (χ3n) is 4.43. The minimum absolute atomic E-state index is 0.0621. The highest BCUT2D eigenvalue weighted by atomic mass is 28.4. The van der Waals surface area contributed by atoms with Crippen molar-refractivity contribution in [1.82, 2.24) is 5.32 Å². The Morgan fingerprint density at radius 1 is 1.25 bits per heavy atom. The van der Waals surface area contributed by atoms with Crippen molar-refractivity contribution in [2.75, 3.05) is 6.61 Å². The van der Waals surface area contributed by atoms with Crippen molar-refractivity contribution in [2.24, 2.45) is 5.73 Å². The standard InChI is InChI=1S/C17H27FN2O3Si/c1-17(2,3)24(4,5)23-11-10-14(15(19)21)20-16(22)12-6-8-13(18)9-7-12/h6-9,14H,10-11H2,1-5H3,(H2,19,21)(H,20,22)/t14-/m0/s1. The van der Waals surface area contributed by atoms with Gasteiger partial charge in [-0.1, -0.05) is 20.8 Å². The molecule has 0 fully saturated rings. The van der Waals surface area contributed by atoms with E-state index < -0.39 is 32.0 Å². The van der Waals surface area contributed by atoms with Gasteiger partial charge in [0.2, 0.25) is 5.91 Å². The van der Waals surface area contributed by atoms with Crippen LogP contribution in [0.4, 0.5) is 4.39 Å². The lowest BCUT2D eigenvalue weighted by Crippen LogP contribution is -2.47. The SMILES string of the molecule is CC(C)(C)[Si](C)(C)OCC[C@H](NC(=O)c1ccc(F)cc1)C(N)=O. The summed E-state index contributed by atoms with van der Waals surface area (Å²) in [5.41, 5.74) is 5.64. The van der Waals surface area contributed by atoms with E-state index in [4.69, 9.17) is 10.2 Å². The summed E-state index contributed by atoms with van der Waals surface area (Å²) in [4.78, 5) is 23.7. The number of benzene rings is 1. The Bertz CT molecular complexity index is 582. The van der Waals surface area contributed by atoms with Gasteiger partial charge in [0.05, 0.1) is 0 Å². The largest absolute Gasteiger partial charge is 0.417 e. The molecule has 24 heavy (non-hydrogen) atoms. The first-order valence-corrected chi connectivity index (χ1v) is 10.8. The zero-order valence-corrected chi connectivity index (χ0v) is 16.0. The molecule has 0 unspecified atom stereocenters. The Hall–Kier alpha value is -1.73. The van der Waals surface area contributed by atoms with Crippen molar-refractivity contribution in [2.45, 2.75) is 51.4 Å². The van der Waals surface area contributed by atoms with E-state index in [9.17, 15) is 14.0 Å². The van der Waals surface area contributed by atoms with Crippen LogP contribution in [0, 0.1) is 5.82 Å². The second kappa shape index (κ2) is 7.89. The van der Waals surface area contributed by atoms with E-state index in [0.717, 1.165) is 0 Å². The van der Waals surface area contributed by atoms with Crippen molar-refractivity contribution < 1.29 is 18.4 Å². The Morgan fingerprint density at radius 3 is 2.25 bits per heavy atom. The molecule has 0 bridgehead atoms. The Labute approximate surface area is 143 Å². The van der Waals surface area contributed by atoms with Gasteiger partial charge in [0.15, 0.2) is 8.32 Å². The number of carbonyl (C=O) groups is 2. The minimum Gasteiger partial charge on any atom is -0.417 e. The summed E-state index contributed by atoms with van der Waals surface area (Å²) in [5.74, 6) is -1.52. The fourth-order valence-electron chi connectivity index (χ4n) is 1.78. The molecule has 7 heteroatoms. The first kappa shape index (κ1) is 20.3. The number of hydrogen-bond acceptors (Lipinski definition) is 3. The molecule has 1 aromatic carbocycles. The predicted octanol–water partition coefficient (Wildman–Crippen LogP) is 2.82. The molecule has 1 rings (SSSR count). The van der Waals surface area contributed by atoms with E-state index in [-0.39, 0.29) is 10.6 Å². The van der Waals surface area contributed by atoms with Crippen LogP contribution in [0.5, 0.6) is 0 Å². The van der Waals surface area contributed by atoms with Crippen LogP contribution in [0.25, 0.3) is 0 Å². The number of halogens is 1. The molecule has 0 aliphatic rings. The maximum Gasteiger partial charge on any atom is 0.251 e. The summed E-state index contributed by atoms with van der Waals surface area (Å²) in [5, 5.41) is 2.64. The quantitative estimate of drug-likeness (QED) is 0.739. The van der Waals surface area contributed by atoms with Gasteiger partial charge in [-0.15, -0.1) is 0 Å². The Kier molecular flexibility index (Phi) is 6.68. The molecule has 3 N–H and O–H groups in total. The number of hydrogen-bond donors (Lipinski definition) is 2. The van der Waals surface area contributed by atoms with Gasteiger partial charge in [0, 0.05) is 12.2 Å². The molecule has 1 aromatic rings. The summed E-state index contributed by atoms with van der Waals surface area (Å²) in [6, 6.07) is 4.26. The molecule has 0 spiro atoms. The number of primary amides is 1. The molecule has 0 heterocycles. The van der Waals surface area contributed by atoms with Crippen LogP contribution in [-0.2, 0) is 9.22 Å². The van der Waals surface area contributed by atoms with Crippen LogP contribution in [0.2, 0.25) is 18.1 Å². The molecule has 0 aliphatic carbocycles. The molecular weight excluding hydrogens is 327 g/mol. The lowest BCUT2D eigenvalue weighted by molar-refractivity contribution is -0.120. The smallest absolute Gasteiger partial charge is 0.251 e. The number of amides is 2. The summed E-state index contributed by atoms with van der Waals surface area (Å²) >= 11 is 0. The van der Waals surface area contributed by atoms with Gasteiger partial charge in [-0.25, -0.2) is 4.39 Å². The van der Waals surface area contributed by atoms with Crippen LogP contribution < -0.4 is 11.1 Å². The van der Waals surface area contributed by atoms with Gasteiger partial charge < -0.3 is 15.5 Å². The van der Waals surface area contributed by atoms with Crippen molar-refractivity contribution in [1.29, 1.82) is 0 Å². The van der Waals surface area contributed by atoms with Crippen molar-refractivity contribution in [3.8, 4) is 0 Å². The maximum absolute atomic E-state index is 12.9. The highest BCUT2D eigenvalue weighted by Gasteiger charge is 2.37. The average molecular weight is 354 g/mol. The van der Waals surface area contributed by atoms with Gasteiger partial charge in [-0.05, 0) is 48.8 Å². The monoisotopic (exact) mass is 354 g/mol. The Morgan fingerprint density at radius 2 is 1.79 bits per heavy atom. The predicted molar refractivity (Wildman–Crippen MR) is 94.6 cm³/mol. The molecule has 0 aliphatic heterocycles. The normalized spacial score (nSPS) is 13.4. The van der Waals surface area contributed by atoms with Gasteiger partial charge >= 0.3 is 0 Å². The molecule has 0 radical (unpaired) electrons. The van der Waals surface area contributed by atoms with E-state index in [1.807, 2.05) is 0 Å². The molecule has 0 saturated heterocycles. The summed E-state index contributed by atoms with van der Waals surface area (Å²) in [6.45, 7) is 10.9. The first-order valence-electron chi connectivity index (χ1n) is 7.94. The van der Waals surface area contributed by atoms with E-state index in [1.165, 1.54) is 24.3 Å². The van der Waals surface area contributed by atoms with E-state index in [2.05, 4.69) is 39.2 Å². The second-order valence-electron chi connectivity index (χ2n) is 7.33. The molecule has 2 amide bonds. The van der Waals surface area contributed by atoms with Crippen molar-refractivity contribution >= 4 is 20.1 Å². The minimum atomic E-state index is -1.92. The fourth-order valence-corrected chi connectivity index (χ4v) is 2.84. The van der Waals surface area contributed by atoms with Crippen LogP contribution in [-0.4, -0.2) is 32.8 Å². The van der Waals surface area contributed by atoms with Gasteiger partial charge in [0.25, 0.3) is 5.91 Å². The Balaban J connectivity index is 2.63. The third kappa shape index (κ3) is 5.72. The maximum atomic E-state index is 12.9. The molecule has 1 atom stereocenters. The molecular formula is C17H27FN2O3Si. The highest BCUT2D eigenvalue weighted by Crippen LogP contribution is 2.36. The molecule has 5 nitrogen and oxygen atoms in total. The zero-order chi connectivity index (χ0) is 18.5. The summed E-state index contributed by atoms with van der Waals surface area (Å²) in [6.07, 6.45) is 0.300. The zero-order valence-electron chi connectivity index (χ0n) is 15.0. The molecule has 0 saturated carbocycles. The van der Waals surface area contributed by atoms with Crippen molar-refractivity contribution in [3.63, 3.8) is 0 Å².